The monoisotopic (exact) mass is 354 g/mol. The Kier molecular flexibility index (Phi) is 6.56. The molecular formula is C19H22F4N2. The summed E-state index contributed by atoms with van der Waals surface area (Å²) in [4.78, 5) is 2.02. The molecule has 0 spiro atoms. The van der Waals surface area contributed by atoms with E-state index in [0.717, 1.165) is 23.2 Å². The van der Waals surface area contributed by atoms with Gasteiger partial charge in [0.15, 0.2) is 0 Å². The number of hydrogen-bond acceptors (Lipinski definition) is 2. The van der Waals surface area contributed by atoms with Crippen molar-refractivity contribution < 1.29 is 17.6 Å². The molecule has 0 aliphatic rings. The van der Waals surface area contributed by atoms with Crippen molar-refractivity contribution in [3.8, 4) is 11.1 Å². The van der Waals surface area contributed by atoms with Crippen LogP contribution in [0, 0.1) is 5.82 Å². The lowest BCUT2D eigenvalue weighted by Gasteiger charge is -2.12. The molecule has 0 aliphatic heterocycles. The Labute approximate surface area is 145 Å². The first kappa shape index (κ1) is 19.4. The summed E-state index contributed by atoms with van der Waals surface area (Å²) in [6.07, 6.45) is -5.05. The Hall–Kier alpha value is -1.92. The number of nitrogens with zero attached hydrogens (tertiary/aromatic N) is 1. The highest BCUT2D eigenvalue weighted by Crippen LogP contribution is 2.25. The summed E-state index contributed by atoms with van der Waals surface area (Å²) in [5.41, 5.74) is 3.02. The number of alkyl halides is 3. The van der Waals surface area contributed by atoms with Crippen LogP contribution in [0.4, 0.5) is 17.6 Å². The lowest BCUT2D eigenvalue weighted by molar-refractivity contribution is -0.133. The SMILES string of the molecule is CN(C)Cc1cccc(-c2cc(CNCCC(F)(F)F)ccc2F)c1. The van der Waals surface area contributed by atoms with Crippen LogP contribution in [0.1, 0.15) is 17.5 Å². The molecule has 0 radical (unpaired) electrons. The molecular weight excluding hydrogens is 332 g/mol. The molecule has 0 amide bonds. The molecule has 2 rings (SSSR count). The fourth-order valence-electron chi connectivity index (χ4n) is 2.57. The van der Waals surface area contributed by atoms with Gasteiger partial charge >= 0.3 is 6.18 Å². The zero-order valence-corrected chi connectivity index (χ0v) is 14.3. The molecule has 0 atom stereocenters. The van der Waals surface area contributed by atoms with Gasteiger partial charge in [0.25, 0.3) is 0 Å². The molecule has 0 heterocycles. The molecule has 2 aromatic rings. The van der Waals surface area contributed by atoms with Crippen LogP contribution in [-0.4, -0.2) is 31.7 Å². The van der Waals surface area contributed by atoms with Crippen molar-refractivity contribution in [3.05, 3.63) is 59.4 Å². The molecule has 0 saturated carbocycles. The molecule has 0 fully saturated rings. The van der Waals surface area contributed by atoms with Gasteiger partial charge in [0, 0.05) is 25.2 Å². The van der Waals surface area contributed by atoms with Crippen molar-refractivity contribution in [1.82, 2.24) is 10.2 Å². The predicted octanol–water partition coefficient (Wildman–Crippen LogP) is 4.60. The normalized spacial score (nSPS) is 12.0. The molecule has 136 valence electrons. The number of benzene rings is 2. The summed E-state index contributed by atoms with van der Waals surface area (Å²) in [6.45, 7) is 0.851. The molecule has 6 heteroatoms. The third kappa shape index (κ3) is 6.48. The van der Waals surface area contributed by atoms with Crippen molar-refractivity contribution in [2.24, 2.45) is 0 Å². The number of halogens is 4. The Morgan fingerprint density at radius 1 is 1.00 bits per heavy atom. The van der Waals surface area contributed by atoms with Crippen LogP contribution < -0.4 is 5.32 Å². The van der Waals surface area contributed by atoms with Gasteiger partial charge in [-0.1, -0.05) is 24.3 Å². The summed E-state index contributed by atoms with van der Waals surface area (Å²) in [5, 5.41) is 2.74. The van der Waals surface area contributed by atoms with E-state index in [0.29, 0.717) is 5.56 Å². The Bertz CT molecular complexity index is 696. The van der Waals surface area contributed by atoms with Gasteiger partial charge < -0.3 is 10.2 Å². The summed E-state index contributed by atoms with van der Waals surface area (Å²) in [7, 11) is 3.92. The van der Waals surface area contributed by atoms with E-state index in [1.807, 2.05) is 43.3 Å². The van der Waals surface area contributed by atoms with E-state index in [1.54, 1.807) is 12.1 Å². The average Bonchev–Trinajstić information content (AvgIpc) is 2.51. The van der Waals surface area contributed by atoms with Crippen LogP contribution in [-0.2, 0) is 13.1 Å². The predicted molar refractivity (Wildman–Crippen MR) is 91.6 cm³/mol. The molecule has 0 aliphatic carbocycles. The minimum atomic E-state index is -4.17. The summed E-state index contributed by atoms with van der Waals surface area (Å²) < 4.78 is 50.7. The average molecular weight is 354 g/mol. The van der Waals surface area contributed by atoms with Crippen molar-refractivity contribution in [1.29, 1.82) is 0 Å². The van der Waals surface area contributed by atoms with Crippen molar-refractivity contribution in [2.75, 3.05) is 20.6 Å². The molecule has 1 N–H and O–H groups in total. The minimum absolute atomic E-state index is 0.158. The second-order valence-corrected chi connectivity index (χ2v) is 6.29. The summed E-state index contributed by atoms with van der Waals surface area (Å²) >= 11 is 0. The van der Waals surface area contributed by atoms with E-state index in [-0.39, 0.29) is 18.9 Å². The summed E-state index contributed by atoms with van der Waals surface area (Å²) in [6, 6.07) is 12.2. The van der Waals surface area contributed by atoms with Gasteiger partial charge in [0.05, 0.1) is 6.42 Å². The maximum atomic E-state index is 14.2. The first-order valence-corrected chi connectivity index (χ1v) is 8.04. The molecule has 25 heavy (non-hydrogen) atoms. The van der Waals surface area contributed by atoms with Gasteiger partial charge in [-0.25, -0.2) is 4.39 Å². The number of rotatable bonds is 7. The standard InChI is InChI=1S/C19H22F4N2/c1-25(2)13-15-4-3-5-16(10-15)17-11-14(6-7-18(17)20)12-24-9-8-19(21,22)23/h3-7,10-11,24H,8-9,12-13H2,1-2H3. The molecule has 0 bridgehead atoms. The molecule has 0 saturated heterocycles. The van der Waals surface area contributed by atoms with E-state index >= 15 is 0 Å². The zero-order valence-electron chi connectivity index (χ0n) is 14.3. The number of nitrogens with one attached hydrogen (secondary N) is 1. The Morgan fingerprint density at radius 2 is 1.76 bits per heavy atom. The second-order valence-electron chi connectivity index (χ2n) is 6.29. The van der Waals surface area contributed by atoms with Crippen LogP contribution in [0.2, 0.25) is 0 Å². The van der Waals surface area contributed by atoms with E-state index in [2.05, 4.69) is 5.32 Å². The first-order valence-electron chi connectivity index (χ1n) is 8.04. The molecule has 0 unspecified atom stereocenters. The van der Waals surface area contributed by atoms with E-state index in [4.69, 9.17) is 0 Å². The van der Waals surface area contributed by atoms with Gasteiger partial charge in [0.1, 0.15) is 5.82 Å². The van der Waals surface area contributed by atoms with Crippen molar-refractivity contribution in [2.45, 2.75) is 25.7 Å². The van der Waals surface area contributed by atoms with Gasteiger partial charge in [-0.15, -0.1) is 0 Å². The van der Waals surface area contributed by atoms with E-state index in [9.17, 15) is 17.6 Å². The van der Waals surface area contributed by atoms with Crippen LogP contribution in [0.5, 0.6) is 0 Å². The quantitative estimate of drug-likeness (QED) is 0.578. The van der Waals surface area contributed by atoms with Gasteiger partial charge in [-0.3, -0.25) is 0 Å². The highest BCUT2D eigenvalue weighted by molar-refractivity contribution is 5.65. The molecule has 0 aromatic heterocycles. The highest BCUT2D eigenvalue weighted by Gasteiger charge is 2.25. The Morgan fingerprint density at radius 3 is 2.44 bits per heavy atom. The lowest BCUT2D eigenvalue weighted by Crippen LogP contribution is -2.21. The zero-order chi connectivity index (χ0) is 18.4. The first-order chi connectivity index (χ1) is 11.7. The Balaban J connectivity index is 2.11. The fraction of sp³-hybridized carbons (Fsp3) is 0.368. The second kappa shape index (κ2) is 8.45. The van der Waals surface area contributed by atoms with Crippen LogP contribution >= 0.6 is 0 Å². The van der Waals surface area contributed by atoms with Gasteiger partial charge in [-0.05, 0) is 49.0 Å². The van der Waals surface area contributed by atoms with Gasteiger partial charge in [-0.2, -0.15) is 13.2 Å². The van der Waals surface area contributed by atoms with Crippen LogP contribution in [0.3, 0.4) is 0 Å². The smallest absolute Gasteiger partial charge is 0.312 e. The van der Waals surface area contributed by atoms with Crippen LogP contribution in [0.15, 0.2) is 42.5 Å². The van der Waals surface area contributed by atoms with E-state index in [1.165, 1.54) is 6.07 Å². The van der Waals surface area contributed by atoms with Gasteiger partial charge in [0.2, 0.25) is 0 Å². The summed E-state index contributed by atoms with van der Waals surface area (Å²) in [5.74, 6) is -0.346. The van der Waals surface area contributed by atoms with Crippen molar-refractivity contribution in [3.63, 3.8) is 0 Å². The topological polar surface area (TPSA) is 15.3 Å². The molecule has 2 nitrogen and oxygen atoms in total. The number of hydrogen-bond donors (Lipinski definition) is 1. The largest absolute Gasteiger partial charge is 0.390 e. The van der Waals surface area contributed by atoms with Crippen molar-refractivity contribution >= 4 is 0 Å². The lowest BCUT2D eigenvalue weighted by atomic mass is 10.00. The van der Waals surface area contributed by atoms with Crippen LogP contribution in [0.25, 0.3) is 11.1 Å². The third-order valence-corrected chi connectivity index (χ3v) is 3.68. The molecule has 2 aromatic carbocycles. The maximum Gasteiger partial charge on any atom is 0.390 e. The maximum absolute atomic E-state index is 14.2. The fourth-order valence-corrected chi connectivity index (χ4v) is 2.57. The minimum Gasteiger partial charge on any atom is -0.312 e. The highest BCUT2D eigenvalue weighted by atomic mass is 19.4. The van der Waals surface area contributed by atoms with E-state index < -0.39 is 12.6 Å². The third-order valence-electron chi connectivity index (χ3n) is 3.68.